The number of esters is 1. The lowest BCUT2D eigenvalue weighted by Gasteiger charge is -2.29. The maximum Gasteiger partial charge on any atom is 0.350 e. The largest absolute Gasteiger partial charge is 0.465 e. The van der Waals surface area contributed by atoms with Gasteiger partial charge in [0, 0.05) is 13.2 Å². The maximum absolute atomic E-state index is 11.2. The number of nitriles is 1. The summed E-state index contributed by atoms with van der Waals surface area (Å²) in [5, 5.41) is 11.9. The molecule has 5 heteroatoms. The zero-order valence-electron chi connectivity index (χ0n) is 8.94. The smallest absolute Gasteiger partial charge is 0.350 e. The van der Waals surface area contributed by atoms with Crippen LogP contribution < -0.4 is 5.32 Å². The van der Waals surface area contributed by atoms with Gasteiger partial charge in [-0.15, -0.1) is 0 Å². The van der Waals surface area contributed by atoms with Crippen LogP contribution in [0.3, 0.4) is 0 Å². The fraction of sp³-hybridized carbons (Fsp3) is 0.400. The molecule has 15 heavy (non-hydrogen) atoms. The van der Waals surface area contributed by atoms with Crippen molar-refractivity contribution < 1.29 is 9.53 Å². The van der Waals surface area contributed by atoms with Crippen LogP contribution in [0.15, 0.2) is 23.5 Å². The first kappa shape index (κ1) is 11.1. The fourth-order valence-corrected chi connectivity index (χ4v) is 1.17. The van der Waals surface area contributed by atoms with Crippen LogP contribution in [-0.2, 0) is 9.53 Å². The highest BCUT2D eigenvalue weighted by molar-refractivity contribution is 5.94. The molecule has 0 spiro atoms. The third-order valence-corrected chi connectivity index (χ3v) is 2.22. The van der Waals surface area contributed by atoms with Crippen molar-refractivity contribution in [3.05, 3.63) is 23.5 Å². The Morgan fingerprint density at radius 3 is 2.87 bits per heavy atom. The van der Waals surface area contributed by atoms with Gasteiger partial charge in [-0.05, 0) is 13.0 Å². The van der Waals surface area contributed by atoms with Crippen molar-refractivity contribution in [3.8, 4) is 6.07 Å². The molecule has 0 aromatic heterocycles. The molecule has 0 aromatic carbocycles. The predicted molar refractivity (Wildman–Crippen MR) is 54.2 cm³/mol. The Labute approximate surface area is 88.6 Å². The minimum atomic E-state index is -0.624. The second-order valence-corrected chi connectivity index (χ2v) is 3.19. The number of rotatable bonds is 1. The van der Waals surface area contributed by atoms with Crippen LogP contribution in [0.5, 0.6) is 0 Å². The van der Waals surface area contributed by atoms with Crippen molar-refractivity contribution in [3.63, 3.8) is 0 Å². The van der Waals surface area contributed by atoms with Gasteiger partial charge in [0.2, 0.25) is 0 Å². The molecule has 0 fully saturated rings. The zero-order chi connectivity index (χ0) is 11.4. The first-order chi connectivity index (χ1) is 7.10. The number of hydrogen-bond acceptors (Lipinski definition) is 5. The normalized spacial score (nSPS) is 22.8. The molecule has 1 aliphatic rings. The summed E-state index contributed by atoms with van der Waals surface area (Å²) in [6, 6.07) is 1.83. The Morgan fingerprint density at radius 2 is 2.40 bits per heavy atom. The van der Waals surface area contributed by atoms with Gasteiger partial charge in [0.15, 0.2) is 5.57 Å². The van der Waals surface area contributed by atoms with Gasteiger partial charge in [-0.25, -0.2) is 4.79 Å². The van der Waals surface area contributed by atoms with Gasteiger partial charge < -0.3 is 15.0 Å². The van der Waals surface area contributed by atoms with Crippen LogP contribution in [0.2, 0.25) is 0 Å². The summed E-state index contributed by atoms with van der Waals surface area (Å²) in [5.74, 6) is -0.624. The molecule has 0 amide bonds. The molecule has 0 aromatic rings. The summed E-state index contributed by atoms with van der Waals surface area (Å²) in [6.07, 6.45) is 3.52. The molecule has 0 radical (unpaired) electrons. The molecule has 5 nitrogen and oxygen atoms in total. The molecule has 1 heterocycles. The lowest BCUT2D eigenvalue weighted by Crippen LogP contribution is -2.41. The van der Waals surface area contributed by atoms with E-state index in [4.69, 9.17) is 5.26 Å². The van der Waals surface area contributed by atoms with Crippen molar-refractivity contribution >= 4 is 5.97 Å². The Kier molecular flexibility index (Phi) is 3.34. The lowest BCUT2D eigenvalue weighted by atomic mass is 10.2. The van der Waals surface area contributed by atoms with E-state index in [1.54, 1.807) is 12.3 Å². The van der Waals surface area contributed by atoms with Crippen LogP contribution in [0.25, 0.3) is 0 Å². The highest BCUT2D eigenvalue weighted by Gasteiger charge is 2.19. The minimum Gasteiger partial charge on any atom is -0.465 e. The maximum atomic E-state index is 11.2. The summed E-state index contributed by atoms with van der Waals surface area (Å²) in [5.41, 5.74) is 0.489. The van der Waals surface area contributed by atoms with E-state index in [0.29, 0.717) is 5.70 Å². The summed E-state index contributed by atoms with van der Waals surface area (Å²) in [6.45, 7) is 1.93. The van der Waals surface area contributed by atoms with Gasteiger partial charge in [0.1, 0.15) is 6.07 Å². The van der Waals surface area contributed by atoms with Gasteiger partial charge in [-0.1, -0.05) is 0 Å². The second-order valence-electron chi connectivity index (χ2n) is 3.19. The van der Waals surface area contributed by atoms with Gasteiger partial charge in [-0.3, -0.25) is 0 Å². The summed E-state index contributed by atoms with van der Waals surface area (Å²) >= 11 is 0. The fourth-order valence-electron chi connectivity index (χ4n) is 1.17. The lowest BCUT2D eigenvalue weighted by molar-refractivity contribution is -0.135. The Hall–Kier alpha value is -1.96. The van der Waals surface area contributed by atoms with Crippen LogP contribution in [-0.4, -0.2) is 31.2 Å². The Bertz CT molecular complexity index is 365. The van der Waals surface area contributed by atoms with E-state index in [-0.39, 0.29) is 11.7 Å². The molecule has 0 saturated heterocycles. The van der Waals surface area contributed by atoms with E-state index in [1.165, 1.54) is 7.11 Å². The first-order valence-electron chi connectivity index (χ1n) is 4.49. The van der Waals surface area contributed by atoms with Crippen LogP contribution >= 0.6 is 0 Å². The van der Waals surface area contributed by atoms with E-state index in [0.717, 1.165) is 0 Å². The molecular weight excluding hydrogens is 194 g/mol. The van der Waals surface area contributed by atoms with E-state index >= 15 is 0 Å². The molecule has 0 unspecified atom stereocenters. The molecular formula is C10H13N3O2. The monoisotopic (exact) mass is 207 g/mol. The van der Waals surface area contributed by atoms with Crippen molar-refractivity contribution in [2.75, 3.05) is 14.2 Å². The molecule has 1 N–H and O–H groups in total. The van der Waals surface area contributed by atoms with Crippen LogP contribution in [0, 0.1) is 11.3 Å². The summed E-state index contributed by atoms with van der Waals surface area (Å²) < 4.78 is 4.51. The number of carbonyl (C=O) groups is 1. The minimum absolute atomic E-state index is 0.00583. The molecule has 0 saturated carbocycles. The van der Waals surface area contributed by atoms with Crippen molar-refractivity contribution in [1.29, 1.82) is 5.26 Å². The van der Waals surface area contributed by atoms with Crippen LogP contribution in [0.1, 0.15) is 6.92 Å². The SMILES string of the molecule is COC(=O)/C(C#N)=C1\C=CN(C)[C@@H](C)N1. The molecule has 0 aliphatic carbocycles. The highest BCUT2D eigenvalue weighted by Crippen LogP contribution is 2.11. The van der Waals surface area contributed by atoms with Crippen molar-refractivity contribution in [1.82, 2.24) is 10.2 Å². The molecule has 0 bridgehead atoms. The predicted octanol–water partition coefficient (Wildman–Crippen LogP) is 0.332. The van der Waals surface area contributed by atoms with E-state index in [9.17, 15) is 4.79 Å². The standard InChI is InChI=1S/C10H13N3O2/c1-7-12-9(4-5-13(7)2)8(6-11)10(14)15-3/h4-5,7,12H,1-3H3/b9-8+/t7-/m0/s1. The molecule has 80 valence electrons. The Morgan fingerprint density at radius 1 is 1.73 bits per heavy atom. The zero-order valence-corrected chi connectivity index (χ0v) is 8.94. The average Bonchev–Trinajstić information content (AvgIpc) is 2.24. The quantitative estimate of drug-likeness (QED) is 0.381. The third-order valence-electron chi connectivity index (χ3n) is 2.22. The second kappa shape index (κ2) is 4.51. The molecule has 1 rings (SSSR count). The first-order valence-corrected chi connectivity index (χ1v) is 4.49. The number of nitrogens with one attached hydrogen (secondary N) is 1. The average molecular weight is 207 g/mol. The van der Waals surface area contributed by atoms with Crippen molar-refractivity contribution in [2.45, 2.75) is 13.1 Å². The van der Waals surface area contributed by atoms with Gasteiger partial charge >= 0.3 is 5.97 Å². The number of methoxy groups -OCH3 is 1. The number of allylic oxidation sites excluding steroid dienone is 1. The summed E-state index contributed by atoms with van der Waals surface area (Å²) in [7, 11) is 3.15. The number of nitrogens with zero attached hydrogens (tertiary/aromatic N) is 2. The van der Waals surface area contributed by atoms with Gasteiger partial charge in [0.05, 0.1) is 19.0 Å². The third kappa shape index (κ3) is 2.29. The summed E-state index contributed by atoms with van der Waals surface area (Å²) in [4.78, 5) is 13.2. The van der Waals surface area contributed by atoms with Gasteiger partial charge in [0.25, 0.3) is 0 Å². The number of ether oxygens (including phenoxy) is 1. The van der Waals surface area contributed by atoms with Crippen LogP contribution in [0.4, 0.5) is 0 Å². The van der Waals surface area contributed by atoms with Gasteiger partial charge in [-0.2, -0.15) is 5.26 Å². The van der Waals surface area contributed by atoms with E-state index < -0.39 is 5.97 Å². The number of hydrogen-bond donors (Lipinski definition) is 1. The highest BCUT2D eigenvalue weighted by atomic mass is 16.5. The topological polar surface area (TPSA) is 65.4 Å². The molecule has 1 aliphatic heterocycles. The van der Waals surface area contributed by atoms with E-state index in [2.05, 4.69) is 10.1 Å². The van der Waals surface area contributed by atoms with E-state index in [1.807, 2.05) is 24.9 Å². The number of carbonyl (C=O) groups excluding carboxylic acids is 1. The van der Waals surface area contributed by atoms with Crippen molar-refractivity contribution in [2.24, 2.45) is 0 Å². The Balaban J connectivity index is 3.05. The molecule has 1 atom stereocenters.